The predicted octanol–water partition coefficient (Wildman–Crippen LogP) is 2.54. The summed E-state index contributed by atoms with van der Waals surface area (Å²) in [5, 5.41) is 3.58. The van der Waals surface area contributed by atoms with Crippen LogP contribution in [-0.2, 0) is 4.74 Å². The Kier molecular flexibility index (Phi) is 4.78. The Bertz CT molecular complexity index is 1020. The first-order valence-electron chi connectivity index (χ1n) is 8.59. The van der Waals surface area contributed by atoms with Crippen molar-refractivity contribution in [3.8, 4) is 5.69 Å². The molecule has 0 radical (unpaired) electrons. The second-order valence-electron chi connectivity index (χ2n) is 6.16. The molecule has 11 heteroatoms. The topological polar surface area (TPSA) is 111 Å². The molecule has 3 aromatic heterocycles. The third-order valence-corrected chi connectivity index (χ3v) is 4.44. The highest BCUT2D eigenvalue weighted by molar-refractivity contribution is 6.31. The van der Waals surface area contributed by atoms with Crippen molar-refractivity contribution >= 4 is 29.6 Å². The highest BCUT2D eigenvalue weighted by Crippen LogP contribution is 2.22. The largest absolute Gasteiger partial charge is 0.447 e. The molecule has 28 heavy (non-hydrogen) atoms. The van der Waals surface area contributed by atoms with E-state index in [-0.39, 0.29) is 12.0 Å². The van der Waals surface area contributed by atoms with E-state index in [1.54, 1.807) is 30.1 Å². The number of ether oxygens (including phenoxy) is 1. The Morgan fingerprint density at radius 3 is 2.89 bits per heavy atom. The predicted molar refractivity (Wildman–Crippen MR) is 102 cm³/mol. The molecule has 0 bridgehead atoms. The van der Waals surface area contributed by atoms with Crippen LogP contribution in [0.1, 0.15) is 24.5 Å². The number of carbonyl (C=O) groups is 1. The molecule has 1 aliphatic heterocycles. The Labute approximate surface area is 165 Å². The minimum Gasteiger partial charge on any atom is -0.447 e. The zero-order chi connectivity index (χ0) is 19.7. The van der Waals surface area contributed by atoms with Crippen molar-refractivity contribution in [1.29, 1.82) is 0 Å². The molecule has 1 saturated heterocycles. The van der Waals surface area contributed by atoms with Crippen LogP contribution in [0.2, 0.25) is 5.15 Å². The average molecular weight is 401 g/mol. The smallest absolute Gasteiger partial charge is 0.416 e. The zero-order valence-corrected chi connectivity index (χ0v) is 16.0. The first-order valence-corrected chi connectivity index (χ1v) is 8.97. The summed E-state index contributed by atoms with van der Waals surface area (Å²) in [5.41, 5.74) is 1.50. The van der Waals surface area contributed by atoms with Crippen molar-refractivity contribution in [1.82, 2.24) is 29.5 Å². The van der Waals surface area contributed by atoms with Crippen molar-refractivity contribution in [2.75, 3.05) is 23.4 Å². The number of amides is 1. The van der Waals surface area contributed by atoms with Crippen LogP contribution >= 0.6 is 11.6 Å². The molecule has 4 heterocycles. The Hall–Kier alpha value is -3.27. The number of imidazole rings is 1. The number of carbonyl (C=O) groups excluding carboxylic acids is 1. The van der Waals surface area contributed by atoms with Crippen LogP contribution in [0.3, 0.4) is 0 Å². The zero-order valence-electron chi connectivity index (χ0n) is 15.2. The third kappa shape index (κ3) is 3.58. The molecule has 0 unspecified atom stereocenters. The van der Waals surface area contributed by atoms with Gasteiger partial charge in [0, 0.05) is 12.4 Å². The van der Waals surface area contributed by atoms with E-state index in [2.05, 4.69) is 30.2 Å². The van der Waals surface area contributed by atoms with Gasteiger partial charge in [0.15, 0.2) is 5.15 Å². The lowest BCUT2D eigenvalue weighted by atomic mass is 10.2. The molecule has 0 spiro atoms. The number of halogens is 1. The van der Waals surface area contributed by atoms with Gasteiger partial charge in [0.1, 0.15) is 12.4 Å². The molecule has 0 aliphatic carbocycles. The van der Waals surface area contributed by atoms with Gasteiger partial charge in [-0.1, -0.05) is 11.6 Å². The monoisotopic (exact) mass is 400 g/mol. The van der Waals surface area contributed by atoms with Gasteiger partial charge in [0.2, 0.25) is 11.9 Å². The summed E-state index contributed by atoms with van der Waals surface area (Å²) in [5.74, 6) is 1.10. The van der Waals surface area contributed by atoms with Crippen LogP contribution in [0, 0.1) is 6.92 Å². The van der Waals surface area contributed by atoms with E-state index in [9.17, 15) is 4.79 Å². The van der Waals surface area contributed by atoms with Crippen LogP contribution in [0.5, 0.6) is 0 Å². The van der Waals surface area contributed by atoms with E-state index in [0.717, 1.165) is 11.4 Å². The van der Waals surface area contributed by atoms with E-state index in [1.807, 2.05) is 19.2 Å². The van der Waals surface area contributed by atoms with Crippen LogP contribution < -0.4 is 10.2 Å². The van der Waals surface area contributed by atoms with Crippen molar-refractivity contribution in [2.24, 2.45) is 0 Å². The highest BCUT2D eigenvalue weighted by Gasteiger charge is 2.27. The fraction of sp³-hybridized carbons (Fsp3) is 0.294. The Morgan fingerprint density at radius 2 is 2.14 bits per heavy atom. The van der Waals surface area contributed by atoms with Gasteiger partial charge in [-0.05, 0) is 26.0 Å². The number of nitrogens with one attached hydrogen (secondary N) is 1. The van der Waals surface area contributed by atoms with E-state index in [1.165, 1.54) is 4.90 Å². The standard InChI is InChI=1S/C17H17ClN8O2/c1-10(12-8-25(9-20-12)13-4-3-5-19-14(13)18)21-15-22-11(2)23-16(24-15)26-6-7-28-17(26)27/h3-5,8-10H,6-7H2,1-2H3,(H,21,22,23,24)/t10-/m0/s1. The fourth-order valence-electron chi connectivity index (χ4n) is 2.76. The number of nitrogens with zero attached hydrogens (tertiary/aromatic N) is 7. The van der Waals surface area contributed by atoms with Crippen LogP contribution in [0.25, 0.3) is 5.69 Å². The second kappa shape index (κ2) is 7.39. The van der Waals surface area contributed by atoms with Gasteiger partial charge in [-0.3, -0.25) is 0 Å². The van der Waals surface area contributed by atoms with Crippen LogP contribution in [0.4, 0.5) is 16.7 Å². The summed E-state index contributed by atoms with van der Waals surface area (Å²) >= 11 is 6.14. The maximum absolute atomic E-state index is 11.8. The number of anilines is 2. The molecular weight excluding hydrogens is 384 g/mol. The Morgan fingerprint density at radius 1 is 1.29 bits per heavy atom. The molecule has 4 rings (SSSR count). The van der Waals surface area contributed by atoms with Crippen molar-refractivity contribution in [3.63, 3.8) is 0 Å². The number of hydrogen-bond acceptors (Lipinski definition) is 8. The summed E-state index contributed by atoms with van der Waals surface area (Å²) in [6, 6.07) is 3.47. The number of pyridine rings is 1. The molecule has 1 fully saturated rings. The first-order chi connectivity index (χ1) is 13.5. The number of hydrogen-bond donors (Lipinski definition) is 1. The summed E-state index contributed by atoms with van der Waals surface area (Å²) in [6.07, 6.45) is 4.69. The molecule has 1 aliphatic rings. The van der Waals surface area contributed by atoms with E-state index >= 15 is 0 Å². The fourth-order valence-corrected chi connectivity index (χ4v) is 2.98. The molecule has 1 atom stereocenters. The molecule has 0 saturated carbocycles. The lowest BCUT2D eigenvalue weighted by Crippen LogP contribution is -2.26. The minimum atomic E-state index is -0.461. The molecule has 1 amide bonds. The molecular formula is C17H17ClN8O2. The van der Waals surface area contributed by atoms with Gasteiger partial charge in [0.05, 0.1) is 30.3 Å². The summed E-state index contributed by atoms with van der Waals surface area (Å²) in [7, 11) is 0. The van der Waals surface area contributed by atoms with Crippen molar-refractivity contribution in [3.05, 3.63) is 47.5 Å². The average Bonchev–Trinajstić information content (AvgIpc) is 3.31. The minimum absolute atomic E-state index is 0.197. The van der Waals surface area contributed by atoms with Gasteiger partial charge in [-0.25, -0.2) is 19.7 Å². The lowest BCUT2D eigenvalue weighted by Gasteiger charge is -2.15. The lowest BCUT2D eigenvalue weighted by molar-refractivity contribution is 0.181. The number of aryl methyl sites for hydroxylation is 1. The van der Waals surface area contributed by atoms with Crippen LogP contribution in [0.15, 0.2) is 30.9 Å². The number of aromatic nitrogens is 6. The Balaban J connectivity index is 1.54. The van der Waals surface area contributed by atoms with Crippen molar-refractivity contribution in [2.45, 2.75) is 19.9 Å². The molecule has 10 nitrogen and oxygen atoms in total. The third-order valence-electron chi connectivity index (χ3n) is 4.15. The summed E-state index contributed by atoms with van der Waals surface area (Å²) in [6.45, 7) is 4.40. The molecule has 0 aromatic carbocycles. The van der Waals surface area contributed by atoms with Crippen molar-refractivity contribution < 1.29 is 9.53 Å². The van der Waals surface area contributed by atoms with Gasteiger partial charge < -0.3 is 14.6 Å². The van der Waals surface area contributed by atoms with Gasteiger partial charge in [-0.2, -0.15) is 15.0 Å². The van der Waals surface area contributed by atoms with Gasteiger partial charge in [-0.15, -0.1) is 0 Å². The summed E-state index contributed by atoms with van der Waals surface area (Å²) < 4.78 is 6.74. The van der Waals surface area contributed by atoms with Gasteiger partial charge >= 0.3 is 6.09 Å². The SMILES string of the molecule is Cc1nc(N[C@@H](C)c2cn(-c3cccnc3Cl)cn2)nc(N2CCOC2=O)n1. The summed E-state index contributed by atoms with van der Waals surface area (Å²) in [4.78, 5) is 34.5. The van der Waals surface area contributed by atoms with E-state index < -0.39 is 6.09 Å². The van der Waals surface area contributed by atoms with Gasteiger partial charge in [0.25, 0.3) is 0 Å². The maximum atomic E-state index is 11.8. The van der Waals surface area contributed by atoms with E-state index in [0.29, 0.717) is 30.1 Å². The normalized spacial score (nSPS) is 14.8. The van der Waals surface area contributed by atoms with E-state index in [4.69, 9.17) is 16.3 Å². The van der Waals surface area contributed by atoms with Crippen LogP contribution in [-0.4, -0.2) is 48.7 Å². The molecule has 144 valence electrons. The molecule has 3 aromatic rings. The number of rotatable bonds is 5. The molecule has 1 N–H and O–H groups in total. The first kappa shape index (κ1) is 18.1. The maximum Gasteiger partial charge on any atom is 0.416 e. The highest BCUT2D eigenvalue weighted by atomic mass is 35.5. The quantitative estimate of drug-likeness (QED) is 0.650. The number of cyclic esters (lactones) is 1. The second-order valence-corrected chi connectivity index (χ2v) is 6.52.